The third kappa shape index (κ3) is 4.53. The van der Waals surface area contributed by atoms with E-state index in [0.29, 0.717) is 12.3 Å². The summed E-state index contributed by atoms with van der Waals surface area (Å²) in [7, 11) is 0. The van der Waals surface area contributed by atoms with Gasteiger partial charge in [-0.25, -0.2) is 9.18 Å². The molecule has 120 valence electrons. The van der Waals surface area contributed by atoms with Gasteiger partial charge in [0.25, 0.3) is 0 Å². The highest BCUT2D eigenvalue weighted by atomic mass is 19.1. The van der Waals surface area contributed by atoms with Crippen LogP contribution in [-0.4, -0.2) is 29.9 Å². The van der Waals surface area contributed by atoms with E-state index in [4.69, 9.17) is 5.73 Å². The first-order valence-corrected chi connectivity index (χ1v) is 7.54. The molecule has 22 heavy (non-hydrogen) atoms. The van der Waals surface area contributed by atoms with Crippen molar-refractivity contribution in [1.82, 2.24) is 10.2 Å². The quantitative estimate of drug-likeness (QED) is 0.875. The van der Waals surface area contributed by atoms with Gasteiger partial charge in [-0.3, -0.25) is 15.0 Å². The summed E-state index contributed by atoms with van der Waals surface area (Å²) in [5, 5.41) is 2.06. The minimum Gasteiger partial charge on any atom is -0.351 e. The van der Waals surface area contributed by atoms with E-state index >= 15 is 0 Å². The summed E-state index contributed by atoms with van der Waals surface area (Å²) in [5.41, 5.74) is 5.88. The maximum Gasteiger partial charge on any atom is 0.318 e. The zero-order chi connectivity index (χ0) is 16.1. The highest BCUT2D eigenvalue weighted by molar-refractivity contribution is 5.93. The van der Waals surface area contributed by atoms with Crippen LogP contribution in [0.3, 0.4) is 0 Å². The highest BCUT2D eigenvalue weighted by Crippen LogP contribution is 2.35. The van der Waals surface area contributed by atoms with Crippen molar-refractivity contribution in [2.24, 2.45) is 11.7 Å². The largest absolute Gasteiger partial charge is 0.351 e. The van der Waals surface area contributed by atoms with Gasteiger partial charge in [0.05, 0.1) is 0 Å². The zero-order valence-electron chi connectivity index (χ0n) is 12.7. The van der Waals surface area contributed by atoms with E-state index in [1.807, 2.05) is 6.07 Å². The minimum absolute atomic E-state index is 0.185. The number of urea groups is 1. The van der Waals surface area contributed by atoms with Crippen molar-refractivity contribution in [3.63, 3.8) is 0 Å². The molecule has 1 heterocycles. The summed E-state index contributed by atoms with van der Waals surface area (Å²) < 4.78 is 13.4. The molecule has 5 nitrogen and oxygen atoms in total. The molecule has 1 saturated heterocycles. The monoisotopic (exact) mass is 307 g/mol. The molecular weight excluding hydrogens is 285 g/mol. The van der Waals surface area contributed by atoms with Crippen LogP contribution in [0.2, 0.25) is 0 Å². The molecule has 6 heteroatoms. The Morgan fingerprint density at radius 1 is 1.45 bits per heavy atom. The Morgan fingerprint density at radius 2 is 2.23 bits per heavy atom. The smallest absolute Gasteiger partial charge is 0.318 e. The van der Waals surface area contributed by atoms with Crippen molar-refractivity contribution in [3.8, 4) is 0 Å². The lowest BCUT2D eigenvalue weighted by Crippen LogP contribution is -2.35. The summed E-state index contributed by atoms with van der Waals surface area (Å²) in [6.07, 6.45) is 1.87. The minimum atomic E-state index is -0.822. The molecule has 0 aromatic heterocycles. The highest BCUT2D eigenvalue weighted by Gasteiger charge is 2.30. The number of hydrogen-bond donors (Lipinski definition) is 2. The van der Waals surface area contributed by atoms with E-state index < -0.39 is 6.03 Å². The van der Waals surface area contributed by atoms with Crippen LogP contribution in [0, 0.1) is 11.7 Å². The second-order valence-corrected chi connectivity index (χ2v) is 5.92. The Kier molecular flexibility index (Phi) is 5.49. The van der Waals surface area contributed by atoms with Crippen molar-refractivity contribution in [2.45, 2.75) is 32.2 Å². The molecule has 1 aliphatic heterocycles. The number of nitrogens with zero attached hydrogens (tertiary/aromatic N) is 1. The van der Waals surface area contributed by atoms with Crippen LogP contribution in [0.15, 0.2) is 24.3 Å². The topological polar surface area (TPSA) is 75.4 Å². The van der Waals surface area contributed by atoms with Crippen LogP contribution in [0.4, 0.5) is 9.18 Å². The summed E-state index contributed by atoms with van der Waals surface area (Å²) in [6.45, 7) is 3.84. The Labute approximate surface area is 129 Å². The van der Waals surface area contributed by atoms with Crippen molar-refractivity contribution in [1.29, 1.82) is 0 Å². The maximum atomic E-state index is 13.4. The molecule has 2 unspecified atom stereocenters. The molecule has 3 amide bonds. The molecule has 0 spiro atoms. The molecule has 0 radical (unpaired) electrons. The van der Waals surface area contributed by atoms with Gasteiger partial charge in [-0.2, -0.15) is 0 Å². The summed E-state index contributed by atoms with van der Waals surface area (Å²) in [5.74, 6) is -0.0485. The molecule has 2 rings (SSSR count). The molecular formula is C16H22FN3O2. The second kappa shape index (κ2) is 7.35. The number of hydrogen-bond acceptors (Lipinski definition) is 3. The fourth-order valence-electron chi connectivity index (χ4n) is 3.08. The van der Waals surface area contributed by atoms with E-state index in [-0.39, 0.29) is 24.2 Å². The normalized spacial score (nSPS) is 21.7. The third-order valence-electron chi connectivity index (χ3n) is 3.96. The van der Waals surface area contributed by atoms with Gasteiger partial charge in [0.1, 0.15) is 5.82 Å². The average molecular weight is 307 g/mol. The Bertz CT molecular complexity index is 550. The summed E-state index contributed by atoms with van der Waals surface area (Å²) >= 11 is 0. The number of rotatable bonds is 5. The van der Waals surface area contributed by atoms with Crippen LogP contribution in [0.1, 0.15) is 37.8 Å². The maximum absolute atomic E-state index is 13.4. The van der Waals surface area contributed by atoms with Crippen LogP contribution < -0.4 is 11.1 Å². The van der Waals surface area contributed by atoms with E-state index in [2.05, 4.69) is 17.1 Å². The molecule has 1 fully saturated rings. The zero-order valence-corrected chi connectivity index (χ0v) is 12.7. The average Bonchev–Trinajstić information content (AvgIpc) is 2.79. The number of likely N-dealkylation sites (tertiary alicyclic amines) is 1. The standard InChI is InChI=1S/C16H22FN3O2/c1-11-8-14(12-4-2-5-13(17)9-12)20(10-11)7-3-6-15(21)19-16(18)22/h2,4-5,9,11,14H,3,6-8,10H2,1H3,(H3,18,19,21,22). The fourth-order valence-corrected chi connectivity index (χ4v) is 3.08. The second-order valence-electron chi connectivity index (χ2n) is 5.92. The van der Waals surface area contributed by atoms with Gasteiger partial charge >= 0.3 is 6.03 Å². The SMILES string of the molecule is CC1CC(c2cccc(F)c2)N(CCCC(=O)NC(N)=O)C1. The van der Waals surface area contributed by atoms with Crippen LogP contribution in [0.25, 0.3) is 0 Å². The van der Waals surface area contributed by atoms with E-state index in [9.17, 15) is 14.0 Å². The lowest BCUT2D eigenvalue weighted by atomic mass is 10.0. The van der Waals surface area contributed by atoms with Crippen molar-refractivity contribution >= 4 is 11.9 Å². The van der Waals surface area contributed by atoms with E-state index in [1.54, 1.807) is 12.1 Å². The first-order valence-electron chi connectivity index (χ1n) is 7.54. The van der Waals surface area contributed by atoms with Gasteiger partial charge in [0.15, 0.2) is 0 Å². The molecule has 2 atom stereocenters. The van der Waals surface area contributed by atoms with Gasteiger partial charge in [-0.15, -0.1) is 0 Å². The first-order chi connectivity index (χ1) is 10.5. The van der Waals surface area contributed by atoms with Gasteiger partial charge < -0.3 is 5.73 Å². The van der Waals surface area contributed by atoms with Crippen LogP contribution >= 0.6 is 0 Å². The Morgan fingerprint density at radius 3 is 2.91 bits per heavy atom. The van der Waals surface area contributed by atoms with Gasteiger partial charge in [0, 0.05) is 19.0 Å². The number of primary amides is 1. The van der Waals surface area contributed by atoms with Crippen LogP contribution in [-0.2, 0) is 4.79 Å². The van der Waals surface area contributed by atoms with Gasteiger partial charge in [-0.05, 0) is 43.0 Å². The van der Waals surface area contributed by atoms with E-state index in [1.165, 1.54) is 6.07 Å². The summed E-state index contributed by atoms with van der Waals surface area (Å²) in [4.78, 5) is 24.3. The first kappa shape index (κ1) is 16.4. The van der Waals surface area contributed by atoms with Crippen molar-refractivity contribution in [2.75, 3.05) is 13.1 Å². The predicted octanol–water partition coefficient (Wildman–Crippen LogP) is 2.18. The van der Waals surface area contributed by atoms with Gasteiger partial charge in [0.2, 0.25) is 5.91 Å². The molecule has 1 aliphatic rings. The Balaban J connectivity index is 1.91. The fraction of sp³-hybridized carbons (Fsp3) is 0.500. The number of nitrogens with two attached hydrogens (primary N) is 1. The number of amides is 3. The van der Waals surface area contributed by atoms with Crippen molar-refractivity contribution in [3.05, 3.63) is 35.6 Å². The number of carbonyl (C=O) groups excluding carboxylic acids is 2. The van der Waals surface area contributed by atoms with E-state index in [0.717, 1.165) is 25.1 Å². The predicted molar refractivity (Wildman–Crippen MR) is 81.5 cm³/mol. The number of benzene rings is 1. The van der Waals surface area contributed by atoms with Crippen LogP contribution in [0.5, 0.6) is 0 Å². The number of nitrogens with one attached hydrogen (secondary N) is 1. The third-order valence-corrected chi connectivity index (χ3v) is 3.96. The molecule has 3 N–H and O–H groups in total. The number of carbonyl (C=O) groups is 2. The lowest BCUT2D eigenvalue weighted by molar-refractivity contribution is -0.120. The number of imide groups is 1. The molecule has 0 saturated carbocycles. The Hall–Kier alpha value is -1.95. The number of halogens is 1. The molecule has 0 aliphatic carbocycles. The molecule has 1 aromatic carbocycles. The summed E-state index contributed by atoms with van der Waals surface area (Å²) in [6, 6.07) is 6.06. The van der Waals surface area contributed by atoms with Crippen molar-refractivity contribution < 1.29 is 14.0 Å². The lowest BCUT2D eigenvalue weighted by Gasteiger charge is -2.24. The van der Waals surface area contributed by atoms with Gasteiger partial charge in [-0.1, -0.05) is 19.1 Å². The molecule has 1 aromatic rings. The molecule has 0 bridgehead atoms.